The van der Waals surface area contributed by atoms with Crippen molar-refractivity contribution in [3.8, 4) is 5.69 Å². The molecule has 1 aromatic heterocycles. The maximum Gasteiger partial charge on any atom is 0.242 e. The molecule has 0 saturated heterocycles. The van der Waals surface area contributed by atoms with Crippen LogP contribution in [0.1, 0.15) is 12.8 Å². The van der Waals surface area contributed by atoms with Gasteiger partial charge in [0.1, 0.15) is 18.5 Å². The number of halogens is 2. The molecule has 0 radical (unpaired) electrons. The van der Waals surface area contributed by atoms with E-state index >= 15 is 0 Å². The van der Waals surface area contributed by atoms with Crippen molar-refractivity contribution in [2.45, 2.75) is 17.7 Å². The predicted octanol–water partition coefficient (Wildman–Crippen LogP) is 3.10. The van der Waals surface area contributed by atoms with Gasteiger partial charge in [0.25, 0.3) is 0 Å². The Kier molecular flexibility index (Phi) is 6.80. The normalized spacial score (nSPS) is 11.6. The van der Waals surface area contributed by atoms with Crippen molar-refractivity contribution >= 4 is 33.2 Å². The summed E-state index contributed by atoms with van der Waals surface area (Å²) in [7, 11) is -2.34. The minimum atomic E-state index is -3.76. The van der Waals surface area contributed by atoms with Crippen LogP contribution in [0.4, 0.5) is 10.1 Å². The van der Waals surface area contributed by atoms with Gasteiger partial charge in [0.15, 0.2) is 0 Å². The molecule has 3 aromatic rings. The molecule has 0 unspecified atom stereocenters. The number of benzene rings is 2. The zero-order chi connectivity index (χ0) is 21.7. The minimum absolute atomic E-state index is 0.00717. The van der Waals surface area contributed by atoms with Crippen molar-refractivity contribution in [2.24, 2.45) is 0 Å². The number of hydrogen-bond acceptors (Lipinski definition) is 5. The third-order valence-corrected chi connectivity index (χ3v) is 6.40. The Bertz CT molecular complexity index is 1120. The highest BCUT2D eigenvalue weighted by Crippen LogP contribution is 2.24. The lowest BCUT2D eigenvalue weighted by atomic mass is 10.2. The summed E-state index contributed by atoms with van der Waals surface area (Å²) in [6.45, 7) is 0.124. The maximum atomic E-state index is 13.0. The molecule has 0 saturated carbocycles. The van der Waals surface area contributed by atoms with Gasteiger partial charge in [-0.3, -0.25) is 4.79 Å². The van der Waals surface area contributed by atoms with Crippen molar-refractivity contribution in [1.29, 1.82) is 0 Å². The largest absolute Gasteiger partial charge is 0.324 e. The van der Waals surface area contributed by atoms with E-state index in [0.29, 0.717) is 22.8 Å². The van der Waals surface area contributed by atoms with E-state index in [1.54, 1.807) is 18.2 Å². The van der Waals surface area contributed by atoms with Crippen LogP contribution in [-0.4, -0.2) is 47.0 Å². The van der Waals surface area contributed by atoms with Gasteiger partial charge < -0.3 is 5.32 Å². The van der Waals surface area contributed by atoms with E-state index in [4.69, 9.17) is 11.6 Å². The zero-order valence-corrected chi connectivity index (χ0v) is 17.6. The average molecular weight is 452 g/mol. The third-order valence-electron chi connectivity index (χ3n) is 4.30. The molecule has 8 nitrogen and oxygen atoms in total. The fourth-order valence-corrected chi connectivity index (χ4v) is 4.10. The molecule has 0 aliphatic carbocycles. The number of amides is 1. The molecule has 158 valence electrons. The highest BCUT2D eigenvalue weighted by molar-refractivity contribution is 7.89. The molecule has 30 heavy (non-hydrogen) atoms. The summed E-state index contributed by atoms with van der Waals surface area (Å²) in [5, 5.41) is 7.26. The van der Waals surface area contributed by atoms with Gasteiger partial charge in [-0.1, -0.05) is 11.6 Å². The van der Waals surface area contributed by atoms with E-state index in [2.05, 4.69) is 15.4 Å². The van der Waals surface area contributed by atoms with Crippen LogP contribution in [0.3, 0.4) is 0 Å². The van der Waals surface area contributed by atoms with Crippen LogP contribution in [0.2, 0.25) is 5.02 Å². The van der Waals surface area contributed by atoms with E-state index in [0.717, 1.165) is 16.4 Å². The van der Waals surface area contributed by atoms with Gasteiger partial charge in [0, 0.05) is 25.0 Å². The molecule has 2 aromatic carbocycles. The smallest absolute Gasteiger partial charge is 0.242 e. The third kappa shape index (κ3) is 5.21. The average Bonchev–Trinajstić information content (AvgIpc) is 3.23. The second kappa shape index (κ2) is 9.33. The molecule has 11 heteroatoms. The number of carbonyl (C=O) groups is 1. The molecule has 0 spiro atoms. The van der Waals surface area contributed by atoms with Crippen molar-refractivity contribution in [3.63, 3.8) is 0 Å². The second-order valence-electron chi connectivity index (χ2n) is 6.43. The topological polar surface area (TPSA) is 97.2 Å². The monoisotopic (exact) mass is 451 g/mol. The number of sulfonamides is 1. The fraction of sp³-hybridized carbons (Fsp3) is 0.211. The van der Waals surface area contributed by atoms with Gasteiger partial charge in [-0.2, -0.15) is 5.10 Å². The van der Waals surface area contributed by atoms with Crippen molar-refractivity contribution in [1.82, 2.24) is 19.1 Å². The van der Waals surface area contributed by atoms with E-state index in [1.807, 2.05) is 0 Å². The Morgan fingerprint density at radius 1 is 1.23 bits per heavy atom. The second-order valence-corrected chi connectivity index (χ2v) is 8.92. The lowest BCUT2D eigenvalue weighted by molar-refractivity contribution is -0.116. The highest BCUT2D eigenvalue weighted by Gasteiger charge is 2.20. The summed E-state index contributed by atoms with van der Waals surface area (Å²) in [6.07, 6.45) is 3.25. The number of aromatic nitrogens is 3. The van der Waals surface area contributed by atoms with Gasteiger partial charge in [0.2, 0.25) is 15.9 Å². The van der Waals surface area contributed by atoms with Gasteiger partial charge in [-0.15, -0.1) is 0 Å². The summed E-state index contributed by atoms with van der Waals surface area (Å²) in [5.74, 6) is -0.814. The Balaban J connectivity index is 1.59. The number of hydrogen-bond donors (Lipinski definition) is 1. The van der Waals surface area contributed by atoms with E-state index < -0.39 is 15.8 Å². The molecule has 1 heterocycles. The molecule has 0 aliphatic rings. The Morgan fingerprint density at radius 2 is 1.97 bits per heavy atom. The van der Waals surface area contributed by atoms with E-state index in [-0.39, 0.29) is 23.8 Å². The van der Waals surface area contributed by atoms with Gasteiger partial charge in [0.05, 0.1) is 16.3 Å². The summed E-state index contributed by atoms with van der Waals surface area (Å²) in [6, 6.07) is 9.57. The quantitative estimate of drug-likeness (QED) is 0.567. The molecule has 0 atom stereocenters. The van der Waals surface area contributed by atoms with Gasteiger partial charge in [-0.25, -0.2) is 26.8 Å². The SMILES string of the molecule is CN(CCCC(=O)Nc1cc(Cl)ccc1-n1cncn1)S(=O)(=O)c1ccc(F)cc1. The van der Waals surface area contributed by atoms with Crippen molar-refractivity contribution in [3.05, 3.63) is 66.0 Å². The number of anilines is 1. The molecule has 3 rings (SSSR count). The Labute approximate surface area is 178 Å². The Morgan fingerprint density at radius 3 is 2.63 bits per heavy atom. The van der Waals surface area contributed by atoms with Crippen LogP contribution in [0, 0.1) is 5.82 Å². The molecule has 0 fully saturated rings. The van der Waals surface area contributed by atoms with E-state index in [1.165, 1.54) is 36.5 Å². The van der Waals surface area contributed by atoms with Crippen LogP contribution < -0.4 is 5.32 Å². The van der Waals surface area contributed by atoms with Crippen molar-refractivity contribution < 1.29 is 17.6 Å². The first-order valence-corrected chi connectivity index (χ1v) is 10.8. The number of rotatable bonds is 8. The van der Waals surface area contributed by atoms with Crippen LogP contribution in [0.25, 0.3) is 5.69 Å². The van der Waals surface area contributed by atoms with Gasteiger partial charge >= 0.3 is 0 Å². The fourth-order valence-electron chi connectivity index (χ4n) is 2.72. The first-order valence-electron chi connectivity index (χ1n) is 8.93. The Hall–Kier alpha value is -2.82. The van der Waals surface area contributed by atoms with Crippen LogP contribution in [0.15, 0.2) is 60.0 Å². The van der Waals surface area contributed by atoms with Crippen LogP contribution in [-0.2, 0) is 14.8 Å². The molecular weight excluding hydrogens is 433 g/mol. The molecule has 0 aliphatic heterocycles. The lowest BCUT2D eigenvalue weighted by Gasteiger charge is -2.17. The zero-order valence-electron chi connectivity index (χ0n) is 16.0. The van der Waals surface area contributed by atoms with E-state index in [9.17, 15) is 17.6 Å². The summed E-state index contributed by atoms with van der Waals surface area (Å²) < 4.78 is 40.6. The summed E-state index contributed by atoms with van der Waals surface area (Å²) >= 11 is 6.03. The van der Waals surface area contributed by atoms with Crippen LogP contribution >= 0.6 is 11.6 Å². The minimum Gasteiger partial charge on any atom is -0.324 e. The molecule has 1 N–H and O–H groups in total. The molecular formula is C19H19ClFN5O3S. The van der Waals surface area contributed by atoms with Crippen LogP contribution in [0.5, 0.6) is 0 Å². The standard InChI is InChI=1S/C19H19ClFN5O3S/c1-25(30(28,29)16-7-5-15(21)6-8-16)10-2-3-19(27)24-17-11-14(20)4-9-18(17)26-13-22-12-23-26/h4-9,11-13H,2-3,10H2,1H3,(H,24,27). The first kappa shape index (κ1) is 21.9. The predicted molar refractivity (Wildman–Crippen MR) is 110 cm³/mol. The number of nitrogens with zero attached hydrogens (tertiary/aromatic N) is 4. The number of carbonyl (C=O) groups excluding carboxylic acids is 1. The summed E-state index contributed by atoms with van der Waals surface area (Å²) in [5.41, 5.74) is 1.06. The molecule has 0 bridgehead atoms. The van der Waals surface area contributed by atoms with Gasteiger partial charge in [-0.05, 0) is 48.9 Å². The number of nitrogens with one attached hydrogen (secondary N) is 1. The highest BCUT2D eigenvalue weighted by atomic mass is 35.5. The maximum absolute atomic E-state index is 13.0. The van der Waals surface area contributed by atoms with Crippen molar-refractivity contribution in [2.75, 3.05) is 18.9 Å². The summed E-state index contributed by atoms with van der Waals surface area (Å²) in [4.78, 5) is 16.3. The molecule has 1 amide bonds. The first-order chi connectivity index (χ1) is 14.3. The lowest BCUT2D eigenvalue weighted by Crippen LogP contribution is -2.28.